The lowest BCUT2D eigenvalue weighted by molar-refractivity contribution is -0.142. The van der Waals surface area contributed by atoms with Crippen molar-refractivity contribution in [3.63, 3.8) is 0 Å². The highest BCUT2D eigenvalue weighted by atomic mass is 16.4. The molecule has 1 saturated heterocycles. The monoisotopic (exact) mass is 157 g/mol. The summed E-state index contributed by atoms with van der Waals surface area (Å²) in [4.78, 5) is 23.0. The number of carbonyl (C=O) groups is 2. The van der Waals surface area contributed by atoms with E-state index >= 15 is 0 Å². The van der Waals surface area contributed by atoms with Crippen LogP contribution >= 0.6 is 0 Å². The summed E-state index contributed by atoms with van der Waals surface area (Å²) in [6, 6.07) is -0.167. The van der Waals surface area contributed by atoms with Crippen molar-refractivity contribution in [2.75, 3.05) is 7.05 Å². The molecule has 0 radical (unpaired) electrons. The first-order valence-corrected chi connectivity index (χ1v) is 3.52. The van der Waals surface area contributed by atoms with Crippen molar-refractivity contribution in [1.29, 1.82) is 0 Å². The molecule has 62 valence electrons. The highest BCUT2D eigenvalue weighted by Crippen LogP contribution is 2.23. The first kappa shape index (κ1) is 8.04. The van der Waals surface area contributed by atoms with Crippen LogP contribution < -0.4 is 0 Å². The molecule has 0 aromatic rings. The maximum atomic E-state index is 11.0. The van der Waals surface area contributed by atoms with Gasteiger partial charge in [-0.1, -0.05) is 0 Å². The number of hydrogen-bond acceptors (Lipinski definition) is 2. The Kier molecular flexibility index (Phi) is 1.85. The average Bonchev–Trinajstić information content (AvgIpc) is 2.17. The van der Waals surface area contributed by atoms with Crippen molar-refractivity contribution in [3.8, 4) is 0 Å². The molecule has 1 N–H and O–H groups in total. The molecule has 1 rings (SSSR count). The van der Waals surface area contributed by atoms with Crippen LogP contribution in [0, 0.1) is 5.92 Å². The Morgan fingerprint density at radius 3 is 2.45 bits per heavy atom. The Labute approximate surface area is 64.8 Å². The Balaban J connectivity index is 2.74. The van der Waals surface area contributed by atoms with Crippen LogP contribution in [0.5, 0.6) is 0 Å². The van der Waals surface area contributed by atoms with Crippen LogP contribution in [0.3, 0.4) is 0 Å². The Morgan fingerprint density at radius 2 is 2.27 bits per heavy atom. The summed E-state index contributed by atoms with van der Waals surface area (Å²) < 4.78 is 0. The molecule has 1 heterocycles. The van der Waals surface area contributed by atoms with Crippen molar-refractivity contribution < 1.29 is 14.7 Å². The number of amides is 1. The van der Waals surface area contributed by atoms with Crippen molar-refractivity contribution in [3.05, 3.63) is 0 Å². The lowest BCUT2D eigenvalue weighted by Crippen LogP contribution is -2.31. The molecule has 0 saturated carbocycles. The van der Waals surface area contributed by atoms with Crippen LogP contribution in [0.1, 0.15) is 13.3 Å². The van der Waals surface area contributed by atoms with Gasteiger partial charge in [-0.25, -0.2) is 0 Å². The molecule has 11 heavy (non-hydrogen) atoms. The number of likely N-dealkylation sites (tertiary alicyclic amines) is 1. The van der Waals surface area contributed by atoms with Crippen molar-refractivity contribution in [1.82, 2.24) is 4.90 Å². The number of rotatable bonds is 1. The van der Waals surface area contributed by atoms with Gasteiger partial charge in [0.25, 0.3) is 0 Å². The summed E-state index contributed by atoms with van der Waals surface area (Å²) in [5.74, 6) is -1.48. The maximum absolute atomic E-state index is 11.0. The van der Waals surface area contributed by atoms with E-state index in [0.717, 1.165) is 0 Å². The number of aliphatic carboxylic acids is 1. The molecule has 0 aliphatic carbocycles. The second kappa shape index (κ2) is 2.53. The first-order valence-electron chi connectivity index (χ1n) is 3.52. The largest absolute Gasteiger partial charge is 0.481 e. The quantitative estimate of drug-likeness (QED) is 0.580. The third-order valence-corrected chi connectivity index (χ3v) is 2.30. The molecular weight excluding hydrogens is 146 g/mol. The minimum absolute atomic E-state index is 0.0788. The zero-order valence-corrected chi connectivity index (χ0v) is 6.57. The predicted octanol–water partition coefficient (Wildman–Crippen LogP) is -0.0622. The summed E-state index contributed by atoms with van der Waals surface area (Å²) >= 11 is 0. The van der Waals surface area contributed by atoms with Crippen molar-refractivity contribution in [2.45, 2.75) is 19.4 Å². The van der Waals surface area contributed by atoms with Gasteiger partial charge < -0.3 is 10.0 Å². The maximum Gasteiger partial charge on any atom is 0.309 e. The summed E-state index contributed by atoms with van der Waals surface area (Å²) in [7, 11) is 1.63. The van der Waals surface area contributed by atoms with E-state index in [1.165, 1.54) is 4.90 Å². The average molecular weight is 157 g/mol. The van der Waals surface area contributed by atoms with Crippen molar-refractivity contribution in [2.24, 2.45) is 5.92 Å². The van der Waals surface area contributed by atoms with Gasteiger partial charge in [0.2, 0.25) is 5.91 Å². The molecule has 0 aromatic heterocycles. The summed E-state index contributed by atoms with van der Waals surface area (Å²) in [5.41, 5.74) is 0. The topological polar surface area (TPSA) is 57.6 Å². The Hall–Kier alpha value is -1.06. The fourth-order valence-corrected chi connectivity index (χ4v) is 1.29. The van der Waals surface area contributed by atoms with Crippen LogP contribution in [0.2, 0.25) is 0 Å². The number of carboxylic acids is 1. The zero-order chi connectivity index (χ0) is 8.59. The number of carbonyl (C=O) groups excluding carboxylic acids is 1. The fraction of sp³-hybridized carbons (Fsp3) is 0.714. The van der Waals surface area contributed by atoms with Gasteiger partial charge in [0.1, 0.15) is 0 Å². The number of nitrogens with zero attached hydrogens (tertiary/aromatic N) is 1. The first-order chi connectivity index (χ1) is 5.04. The van der Waals surface area contributed by atoms with E-state index in [1.54, 1.807) is 14.0 Å². The molecule has 0 spiro atoms. The molecule has 4 nitrogen and oxygen atoms in total. The Morgan fingerprint density at radius 1 is 1.73 bits per heavy atom. The lowest BCUT2D eigenvalue weighted by atomic mass is 10.0. The highest BCUT2D eigenvalue weighted by Gasteiger charge is 2.38. The van der Waals surface area contributed by atoms with Gasteiger partial charge in [-0.3, -0.25) is 9.59 Å². The normalized spacial score (nSPS) is 31.1. The van der Waals surface area contributed by atoms with Gasteiger partial charge in [0, 0.05) is 19.5 Å². The van der Waals surface area contributed by atoms with E-state index in [4.69, 9.17) is 5.11 Å². The third-order valence-electron chi connectivity index (χ3n) is 2.30. The standard InChI is InChI=1S/C7H11NO3/c1-4-5(7(10)11)3-6(9)8(4)2/h4-5H,3H2,1-2H3,(H,10,11)/t4-,5-/m1/s1. The molecule has 0 aromatic carbocycles. The number of hydrogen-bond donors (Lipinski definition) is 1. The van der Waals surface area contributed by atoms with Gasteiger partial charge in [-0.15, -0.1) is 0 Å². The van der Waals surface area contributed by atoms with Crippen LogP contribution in [-0.4, -0.2) is 35.0 Å². The smallest absolute Gasteiger partial charge is 0.309 e. The van der Waals surface area contributed by atoms with E-state index < -0.39 is 11.9 Å². The molecule has 1 aliphatic heterocycles. The fourth-order valence-electron chi connectivity index (χ4n) is 1.29. The SMILES string of the molecule is C[C@@H]1[C@H](C(=O)O)CC(=O)N1C. The minimum atomic E-state index is -0.879. The van der Waals surface area contributed by atoms with Gasteiger partial charge in [0.05, 0.1) is 5.92 Å². The summed E-state index contributed by atoms with van der Waals surface area (Å²) in [5, 5.41) is 8.64. The minimum Gasteiger partial charge on any atom is -0.481 e. The molecule has 4 heteroatoms. The summed E-state index contributed by atoms with van der Waals surface area (Å²) in [6.07, 6.45) is 0.146. The Bertz CT molecular complexity index is 202. The van der Waals surface area contributed by atoms with Gasteiger partial charge in [0.15, 0.2) is 0 Å². The van der Waals surface area contributed by atoms with Gasteiger partial charge >= 0.3 is 5.97 Å². The van der Waals surface area contributed by atoms with E-state index in [1.807, 2.05) is 0 Å². The molecule has 0 unspecified atom stereocenters. The zero-order valence-electron chi connectivity index (χ0n) is 6.57. The van der Waals surface area contributed by atoms with E-state index in [-0.39, 0.29) is 18.4 Å². The van der Waals surface area contributed by atoms with E-state index in [0.29, 0.717) is 0 Å². The predicted molar refractivity (Wildman–Crippen MR) is 38.0 cm³/mol. The van der Waals surface area contributed by atoms with Crippen LogP contribution in [0.4, 0.5) is 0 Å². The molecule has 1 amide bonds. The third kappa shape index (κ3) is 1.20. The van der Waals surface area contributed by atoms with Gasteiger partial charge in [-0.2, -0.15) is 0 Å². The van der Waals surface area contributed by atoms with Crippen molar-refractivity contribution >= 4 is 11.9 Å². The highest BCUT2D eigenvalue weighted by molar-refractivity contribution is 5.86. The molecule has 0 bridgehead atoms. The van der Waals surface area contributed by atoms with Crippen LogP contribution in [0.25, 0.3) is 0 Å². The van der Waals surface area contributed by atoms with Crippen LogP contribution in [-0.2, 0) is 9.59 Å². The lowest BCUT2D eigenvalue weighted by Gasteiger charge is -2.17. The molecule has 2 atom stereocenters. The molecular formula is C7H11NO3. The number of carboxylic acid groups (broad SMARTS) is 1. The molecule has 1 fully saturated rings. The summed E-state index contributed by atoms with van der Waals surface area (Å²) in [6.45, 7) is 1.75. The van der Waals surface area contributed by atoms with E-state index in [9.17, 15) is 9.59 Å². The second-order valence-corrected chi connectivity index (χ2v) is 2.89. The molecule has 1 aliphatic rings. The van der Waals surface area contributed by atoms with Gasteiger partial charge in [-0.05, 0) is 6.92 Å². The van der Waals surface area contributed by atoms with E-state index in [2.05, 4.69) is 0 Å². The second-order valence-electron chi connectivity index (χ2n) is 2.89. The van der Waals surface area contributed by atoms with Crippen LogP contribution in [0.15, 0.2) is 0 Å².